The summed E-state index contributed by atoms with van der Waals surface area (Å²) >= 11 is 7.51. The lowest BCUT2D eigenvalue weighted by Gasteiger charge is -2.35. The fraction of sp³-hybridized carbons (Fsp3) is 0.286. The molecule has 0 saturated carbocycles. The Labute approximate surface area is 186 Å². The fourth-order valence-corrected chi connectivity index (χ4v) is 4.64. The van der Waals surface area contributed by atoms with Crippen LogP contribution in [0.5, 0.6) is 0 Å². The molecule has 1 aliphatic heterocycles. The van der Waals surface area contributed by atoms with Crippen molar-refractivity contribution < 1.29 is 18.0 Å². The number of anilines is 1. The van der Waals surface area contributed by atoms with Crippen molar-refractivity contribution in [2.75, 3.05) is 36.8 Å². The van der Waals surface area contributed by atoms with Gasteiger partial charge in [-0.3, -0.25) is 9.78 Å². The molecule has 0 unspecified atom stereocenters. The Bertz CT molecular complexity index is 1100. The zero-order valence-corrected chi connectivity index (χ0v) is 17.8. The number of aromatic nitrogens is 2. The van der Waals surface area contributed by atoms with Crippen molar-refractivity contribution in [3.8, 4) is 0 Å². The van der Waals surface area contributed by atoms with Gasteiger partial charge in [0.2, 0.25) is 5.91 Å². The van der Waals surface area contributed by atoms with E-state index in [1.807, 2.05) is 30.3 Å². The van der Waals surface area contributed by atoms with E-state index in [4.69, 9.17) is 11.6 Å². The SMILES string of the molecule is O=C(CSc1ccnc2ccccc12)N1CCN(c2ncc(C(F)(F)F)cc2Cl)CC1. The van der Waals surface area contributed by atoms with Crippen LogP contribution in [0, 0.1) is 0 Å². The van der Waals surface area contributed by atoms with E-state index < -0.39 is 11.7 Å². The summed E-state index contributed by atoms with van der Waals surface area (Å²) in [4.78, 5) is 25.5. The quantitative estimate of drug-likeness (QED) is 0.520. The molecule has 1 aromatic carbocycles. The number of hydrogen-bond acceptors (Lipinski definition) is 5. The van der Waals surface area contributed by atoms with Crippen LogP contribution >= 0.6 is 23.4 Å². The van der Waals surface area contributed by atoms with E-state index in [-0.39, 0.29) is 10.9 Å². The number of rotatable bonds is 4. The van der Waals surface area contributed by atoms with Crippen LogP contribution < -0.4 is 4.90 Å². The number of fused-ring (bicyclic) bond motifs is 1. The molecule has 31 heavy (non-hydrogen) atoms. The first-order valence-electron chi connectivity index (χ1n) is 9.55. The molecule has 0 spiro atoms. The predicted octanol–water partition coefficient (Wildman–Crippen LogP) is 4.74. The Kier molecular flexibility index (Phi) is 6.24. The number of piperazine rings is 1. The molecule has 4 rings (SSSR count). The van der Waals surface area contributed by atoms with Gasteiger partial charge in [-0.25, -0.2) is 4.98 Å². The van der Waals surface area contributed by atoms with Gasteiger partial charge in [0.05, 0.1) is 21.9 Å². The molecule has 10 heteroatoms. The minimum Gasteiger partial charge on any atom is -0.352 e. The smallest absolute Gasteiger partial charge is 0.352 e. The normalized spacial score (nSPS) is 14.8. The molecule has 1 aliphatic rings. The van der Waals surface area contributed by atoms with E-state index in [1.54, 1.807) is 16.0 Å². The first kappa shape index (κ1) is 21.7. The highest BCUT2D eigenvalue weighted by Crippen LogP contribution is 2.34. The van der Waals surface area contributed by atoms with Gasteiger partial charge < -0.3 is 9.80 Å². The van der Waals surface area contributed by atoms with Gasteiger partial charge in [-0.2, -0.15) is 13.2 Å². The van der Waals surface area contributed by atoms with Crippen LogP contribution in [-0.2, 0) is 11.0 Å². The molecule has 162 valence electrons. The molecule has 1 amide bonds. The lowest BCUT2D eigenvalue weighted by atomic mass is 10.2. The third-order valence-electron chi connectivity index (χ3n) is 5.04. The molecule has 0 aliphatic carbocycles. The number of carbonyl (C=O) groups is 1. The highest BCUT2D eigenvalue weighted by molar-refractivity contribution is 8.00. The Balaban J connectivity index is 1.35. The second-order valence-electron chi connectivity index (χ2n) is 7.01. The van der Waals surface area contributed by atoms with E-state index in [2.05, 4.69) is 9.97 Å². The standard InChI is InChI=1S/C21H18ClF3N4OS/c22-16-11-14(21(23,24)25)12-27-20(16)29-9-7-28(8-10-29)19(30)13-31-18-5-6-26-17-4-2-1-3-15(17)18/h1-6,11-12H,7-10,13H2. The van der Waals surface area contributed by atoms with E-state index in [9.17, 15) is 18.0 Å². The molecule has 0 N–H and O–H groups in total. The molecule has 1 saturated heterocycles. The monoisotopic (exact) mass is 466 g/mol. The number of pyridine rings is 2. The van der Waals surface area contributed by atoms with E-state index in [0.717, 1.165) is 28.1 Å². The number of thioether (sulfide) groups is 1. The van der Waals surface area contributed by atoms with Crippen molar-refractivity contribution in [2.45, 2.75) is 11.1 Å². The van der Waals surface area contributed by atoms with Crippen molar-refractivity contribution in [1.82, 2.24) is 14.9 Å². The zero-order valence-electron chi connectivity index (χ0n) is 16.3. The molecule has 5 nitrogen and oxygen atoms in total. The molecule has 0 atom stereocenters. The van der Waals surface area contributed by atoms with E-state index in [0.29, 0.717) is 37.7 Å². The minimum absolute atomic E-state index is 0.0111. The van der Waals surface area contributed by atoms with Gasteiger partial charge in [-0.15, -0.1) is 11.8 Å². The Morgan fingerprint density at radius 2 is 1.84 bits per heavy atom. The summed E-state index contributed by atoms with van der Waals surface area (Å²) < 4.78 is 38.4. The lowest BCUT2D eigenvalue weighted by molar-refractivity contribution is -0.137. The van der Waals surface area contributed by atoms with Crippen LogP contribution in [0.3, 0.4) is 0 Å². The summed E-state index contributed by atoms with van der Waals surface area (Å²) in [6, 6.07) is 10.6. The van der Waals surface area contributed by atoms with Crippen molar-refractivity contribution >= 4 is 46.0 Å². The topological polar surface area (TPSA) is 49.3 Å². The Hall–Kier alpha value is -2.52. The molecule has 0 bridgehead atoms. The Morgan fingerprint density at radius 3 is 2.55 bits per heavy atom. The maximum atomic E-state index is 12.8. The number of alkyl halides is 3. The number of nitrogens with zero attached hydrogens (tertiary/aromatic N) is 4. The van der Waals surface area contributed by atoms with Crippen LogP contribution in [0.2, 0.25) is 5.02 Å². The van der Waals surface area contributed by atoms with Crippen LogP contribution in [0.15, 0.2) is 53.7 Å². The summed E-state index contributed by atoms with van der Waals surface area (Å²) in [6.45, 7) is 1.81. The van der Waals surface area contributed by atoms with Gasteiger partial charge in [0.1, 0.15) is 5.82 Å². The largest absolute Gasteiger partial charge is 0.417 e. The predicted molar refractivity (Wildman–Crippen MR) is 116 cm³/mol. The Morgan fingerprint density at radius 1 is 1.10 bits per heavy atom. The number of hydrogen-bond donors (Lipinski definition) is 0. The molecule has 1 fully saturated rings. The number of carbonyl (C=O) groups excluding carboxylic acids is 1. The van der Waals surface area contributed by atoms with Gasteiger partial charge in [0.25, 0.3) is 0 Å². The first-order chi connectivity index (χ1) is 14.8. The van der Waals surface area contributed by atoms with Crippen molar-refractivity contribution in [2.24, 2.45) is 0 Å². The molecular weight excluding hydrogens is 449 g/mol. The van der Waals surface area contributed by atoms with Gasteiger partial charge >= 0.3 is 6.18 Å². The van der Waals surface area contributed by atoms with Crippen molar-refractivity contribution in [3.05, 3.63) is 59.4 Å². The third-order valence-corrected chi connectivity index (χ3v) is 6.38. The summed E-state index contributed by atoms with van der Waals surface area (Å²) in [5, 5.41) is 0.963. The number of halogens is 4. The van der Waals surface area contributed by atoms with Crippen molar-refractivity contribution in [3.63, 3.8) is 0 Å². The average Bonchev–Trinajstić information content (AvgIpc) is 2.77. The molecular formula is C21H18ClF3N4OS. The van der Waals surface area contributed by atoms with Gasteiger partial charge in [0, 0.05) is 48.9 Å². The highest BCUT2D eigenvalue weighted by Gasteiger charge is 2.32. The van der Waals surface area contributed by atoms with E-state index in [1.165, 1.54) is 11.8 Å². The fourth-order valence-electron chi connectivity index (χ4n) is 3.41. The number of benzene rings is 1. The second kappa shape index (κ2) is 8.92. The molecule has 3 aromatic rings. The summed E-state index contributed by atoms with van der Waals surface area (Å²) in [7, 11) is 0. The summed E-state index contributed by atoms with van der Waals surface area (Å²) in [5.41, 5.74) is 0.00482. The molecule has 2 aromatic heterocycles. The number of amides is 1. The van der Waals surface area contributed by atoms with Crippen LogP contribution in [0.4, 0.5) is 19.0 Å². The lowest BCUT2D eigenvalue weighted by Crippen LogP contribution is -2.49. The maximum absolute atomic E-state index is 12.8. The second-order valence-corrected chi connectivity index (χ2v) is 8.43. The van der Waals surface area contributed by atoms with Gasteiger partial charge in [-0.1, -0.05) is 29.8 Å². The highest BCUT2D eigenvalue weighted by atomic mass is 35.5. The summed E-state index contributed by atoms with van der Waals surface area (Å²) in [5.74, 6) is 0.615. The number of para-hydroxylation sites is 1. The van der Waals surface area contributed by atoms with Crippen LogP contribution in [-0.4, -0.2) is 52.7 Å². The van der Waals surface area contributed by atoms with E-state index >= 15 is 0 Å². The zero-order chi connectivity index (χ0) is 22.0. The molecule has 0 radical (unpaired) electrons. The minimum atomic E-state index is -4.49. The average molecular weight is 467 g/mol. The first-order valence-corrected chi connectivity index (χ1v) is 10.9. The van der Waals surface area contributed by atoms with Gasteiger partial charge in [0.15, 0.2) is 0 Å². The van der Waals surface area contributed by atoms with Crippen LogP contribution in [0.25, 0.3) is 10.9 Å². The van der Waals surface area contributed by atoms with Crippen molar-refractivity contribution in [1.29, 1.82) is 0 Å². The summed E-state index contributed by atoms with van der Waals surface area (Å²) in [6.07, 6.45) is -1.97. The third kappa shape index (κ3) is 4.88. The van der Waals surface area contributed by atoms with Gasteiger partial charge in [-0.05, 0) is 18.2 Å². The van der Waals surface area contributed by atoms with Crippen LogP contribution in [0.1, 0.15) is 5.56 Å². The molecule has 3 heterocycles. The maximum Gasteiger partial charge on any atom is 0.417 e.